The summed E-state index contributed by atoms with van der Waals surface area (Å²) >= 11 is 0. The Hall–Kier alpha value is -1.74. The second-order valence-electron chi connectivity index (χ2n) is 5.26. The minimum absolute atomic E-state index is 0.111. The fraction of sp³-hybridized carbons (Fsp3) is 0.438. The average molecular weight is 356 g/mol. The van der Waals surface area contributed by atoms with Gasteiger partial charge in [0.25, 0.3) is 5.91 Å². The van der Waals surface area contributed by atoms with Crippen molar-refractivity contribution in [3.8, 4) is 0 Å². The number of amides is 1. The smallest absolute Gasteiger partial charge is 0.253 e. The van der Waals surface area contributed by atoms with Crippen LogP contribution in [0.25, 0.3) is 0 Å². The van der Waals surface area contributed by atoms with Gasteiger partial charge in [-0.05, 0) is 38.1 Å². The van der Waals surface area contributed by atoms with Gasteiger partial charge in [-0.15, -0.1) is 6.58 Å². The Balaban J connectivity index is 2.71. The van der Waals surface area contributed by atoms with Crippen LogP contribution < -0.4 is 10.0 Å². The second-order valence-corrected chi connectivity index (χ2v) is 6.97. The van der Waals surface area contributed by atoms with Crippen molar-refractivity contribution in [1.82, 2.24) is 4.72 Å². The lowest BCUT2D eigenvalue weighted by atomic mass is 10.3. The average Bonchev–Trinajstić information content (AvgIpc) is 2.52. The molecule has 1 amide bonds. The standard InChI is InChI=1S/C16H24N2O5S/c1-5-10-23-13(3)16(19)17-14-6-8-15(9-7-14)24(20,21)18-12(2)11-22-4/h5-9,12-13,18H,1,10-11H2,2-4H3,(H,17,19). The quantitative estimate of drug-likeness (QED) is 0.620. The lowest BCUT2D eigenvalue weighted by Gasteiger charge is -2.14. The Bertz CT molecular complexity index is 643. The zero-order valence-electron chi connectivity index (χ0n) is 14.1. The Morgan fingerprint density at radius 2 is 1.92 bits per heavy atom. The number of nitrogens with one attached hydrogen (secondary N) is 2. The highest BCUT2D eigenvalue weighted by atomic mass is 32.2. The number of rotatable bonds is 10. The fourth-order valence-corrected chi connectivity index (χ4v) is 3.09. The van der Waals surface area contributed by atoms with Crippen LogP contribution in [0.15, 0.2) is 41.8 Å². The molecule has 2 N–H and O–H groups in total. The molecule has 24 heavy (non-hydrogen) atoms. The van der Waals surface area contributed by atoms with Crippen molar-refractivity contribution >= 4 is 21.6 Å². The molecule has 0 saturated carbocycles. The number of carbonyl (C=O) groups is 1. The van der Waals surface area contributed by atoms with Crippen molar-refractivity contribution in [2.75, 3.05) is 25.6 Å². The van der Waals surface area contributed by atoms with Crippen LogP contribution in [0.5, 0.6) is 0 Å². The SMILES string of the molecule is C=CCOC(C)C(=O)Nc1ccc(S(=O)(=O)NC(C)COC)cc1. The zero-order valence-corrected chi connectivity index (χ0v) is 14.9. The summed E-state index contributed by atoms with van der Waals surface area (Å²) in [6, 6.07) is 5.54. The molecule has 2 unspecified atom stereocenters. The van der Waals surface area contributed by atoms with E-state index in [1.165, 1.54) is 31.4 Å². The number of carbonyl (C=O) groups excluding carboxylic acids is 1. The van der Waals surface area contributed by atoms with Gasteiger partial charge in [-0.1, -0.05) is 6.08 Å². The molecule has 0 spiro atoms. The monoisotopic (exact) mass is 356 g/mol. The van der Waals surface area contributed by atoms with Crippen molar-refractivity contribution in [1.29, 1.82) is 0 Å². The molecule has 0 aromatic heterocycles. The first-order chi connectivity index (χ1) is 11.3. The van der Waals surface area contributed by atoms with E-state index >= 15 is 0 Å². The molecule has 7 nitrogen and oxygen atoms in total. The summed E-state index contributed by atoms with van der Waals surface area (Å²) < 4.78 is 37.0. The molecule has 1 aromatic carbocycles. The van der Waals surface area contributed by atoms with Gasteiger partial charge < -0.3 is 14.8 Å². The summed E-state index contributed by atoms with van der Waals surface area (Å²) in [5, 5.41) is 2.66. The summed E-state index contributed by atoms with van der Waals surface area (Å²) in [5.41, 5.74) is 0.484. The Labute approximate surface area is 143 Å². The summed E-state index contributed by atoms with van der Waals surface area (Å²) in [7, 11) is -2.13. The van der Waals surface area contributed by atoms with E-state index in [2.05, 4.69) is 16.6 Å². The maximum atomic E-state index is 12.2. The fourth-order valence-electron chi connectivity index (χ4n) is 1.87. The number of methoxy groups -OCH3 is 1. The minimum Gasteiger partial charge on any atom is -0.383 e. The highest BCUT2D eigenvalue weighted by Gasteiger charge is 2.18. The van der Waals surface area contributed by atoms with Crippen LogP contribution in [0, 0.1) is 0 Å². The minimum atomic E-state index is -3.63. The van der Waals surface area contributed by atoms with Gasteiger partial charge in [-0.2, -0.15) is 0 Å². The molecule has 0 saturated heterocycles. The van der Waals surface area contributed by atoms with Gasteiger partial charge in [-0.25, -0.2) is 13.1 Å². The van der Waals surface area contributed by atoms with Crippen LogP contribution in [0.1, 0.15) is 13.8 Å². The number of benzene rings is 1. The van der Waals surface area contributed by atoms with Gasteiger partial charge in [0.2, 0.25) is 10.0 Å². The molecule has 0 radical (unpaired) electrons. The summed E-state index contributed by atoms with van der Waals surface area (Å²) in [6.45, 7) is 7.39. The van der Waals surface area contributed by atoms with Crippen molar-refractivity contribution < 1.29 is 22.7 Å². The topological polar surface area (TPSA) is 93.7 Å². The summed E-state index contributed by atoms with van der Waals surface area (Å²) in [6.07, 6.45) is 0.920. The number of hydrogen-bond acceptors (Lipinski definition) is 5. The number of sulfonamides is 1. The Morgan fingerprint density at radius 3 is 2.46 bits per heavy atom. The van der Waals surface area contributed by atoms with Crippen molar-refractivity contribution in [3.63, 3.8) is 0 Å². The van der Waals surface area contributed by atoms with Gasteiger partial charge in [0.15, 0.2) is 0 Å². The van der Waals surface area contributed by atoms with E-state index in [1.54, 1.807) is 19.9 Å². The normalized spacial score (nSPS) is 14.0. The lowest BCUT2D eigenvalue weighted by Crippen LogP contribution is -2.35. The molecule has 134 valence electrons. The van der Waals surface area contributed by atoms with E-state index in [1.807, 2.05) is 0 Å². The van der Waals surface area contributed by atoms with Crippen LogP contribution >= 0.6 is 0 Å². The first kappa shape index (κ1) is 20.3. The summed E-state index contributed by atoms with van der Waals surface area (Å²) in [4.78, 5) is 12.0. The molecule has 1 aromatic rings. The Kier molecular flexibility index (Phi) is 8.06. The van der Waals surface area contributed by atoms with Gasteiger partial charge in [0, 0.05) is 18.8 Å². The molecule has 2 atom stereocenters. The van der Waals surface area contributed by atoms with Crippen LogP contribution in [0.2, 0.25) is 0 Å². The van der Waals surface area contributed by atoms with E-state index in [0.717, 1.165) is 0 Å². The molecule has 0 aliphatic heterocycles. The van der Waals surface area contributed by atoms with Crippen LogP contribution in [-0.4, -0.2) is 46.8 Å². The maximum absolute atomic E-state index is 12.2. The highest BCUT2D eigenvalue weighted by Crippen LogP contribution is 2.15. The maximum Gasteiger partial charge on any atom is 0.253 e. The van der Waals surface area contributed by atoms with Crippen LogP contribution in [0.4, 0.5) is 5.69 Å². The summed E-state index contributed by atoms with van der Waals surface area (Å²) in [5.74, 6) is -0.320. The van der Waals surface area contributed by atoms with Crippen molar-refractivity contribution in [3.05, 3.63) is 36.9 Å². The zero-order chi connectivity index (χ0) is 18.2. The molecule has 8 heteroatoms. The number of hydrogen-bond donors (Lipinski definition) is 2. The van der Waals surface area contributed by atoms with Gasteiger partial charge in [0.1, 0.15) is 6.10 Å². The van der Waals surface area contributed by atoms with Crippen molar-refractivity contribution in [2.45, 2.75) is 30.9 Å². The third kappa shape index (κ3) is 6.40. The van der Waals surface area contributed by atoms with E-state index < -0.39 is 16.1 Å². The van der Waals surface area contributed by atoms with E-state index in [0.29, 0.717) is 5.69 Å². The van der Waals surface area contributed by atoms with Crippen molar-refractivity contribution in [2.24, 2.45) is 0 Å². The predicted molar refractivity (Wildman–Crippen MR) is 92.3 cm³/mol. The molecular weight excluding hydrogens is 332 g/mol. The third-order valence-electron chi connectivity index (χ3n) is 3.04. The molecule has 0 bridgehead atoms. The number of anilines is 1. The molecule has 0 aliphatic carbocycles. The second kappa shape index (κ2) is 9.53. The molecule has 0 aliphatic rings. The van der Waals surface area contributed by atoms with E-state index in [4.69, 9.17) is 9.47 Å². The highest BCUT2D eigenvalue weighted by molar-refractivity contribution is 7.89. The van der Waals surface area contributed by atoms with Gasteiger partial charge in [0.05, 0.1) is 18.1 Å². The predicted octanol–water partition coefficient (Wildman–Crippen LogP) is 1.53. The van der Waals surface area contributed by atoms with Crippen LogP contribution in [0.3, 0.4) is 0 Å². The first-order valence-corrected chi connectivity index (χ1v) is 8.93. The first-order valence-electron chi connectivity index (χ1n) is 7.45. The lowest BCUT2D eigenvalue weighted by molar-refractivity contribution is -0.125. The molecule has 1 rings (SSSR count). The van der Waals surface area contributed by atoms with E-state index in [-0.39, 0.29) is 30.1 Å². The largest absolute Gasteiger partial charge is 0.383 e. The van der Waals surface area contributed by atoms with Crippen LogP contribution in [-0.2, 0) is 24.3 Å². The van der Waals surface area contributed by atoms with Gasteiger partial charge in [-0.3, -0.25) is 4.79 Å². The molecule has 0 heterocycles. The molecule has 0 fully saturated rings. The third-order valence-corrected chi connectivity index (χ3v) is 4.64. The number of ether oxygens (including phenoxy) is 2. The molecular formula is C16H24N2O5S. The Morgan fingerprint density at radius 1 is 1.29 bits per heavy atom. The van der Waals surface area contributed by atoms with E-state index in [9.17, 15) is 13.2 Å². The van der Waals surface area contributed by atoms with Gasteiger partial charge >= 0.3 is 0 Å².